The number of hydrogen-bond donors (Lipinski definition) is 2. The van der Waals surface area contributed by atoms with Gasteiger partial charge in [0.15, 0.2) is 0 Å². The van der Waals surface area contributed by atoms with Crippen LogP contribution in [0.25, 0.3) is 10.9 Å². The molecule has 0 bridgehead atoms. The van der Waals surface area contributed by atoms with Crippen molar-refractivity contribution in [3.05, 3.63) is 35.5 Å². The summed E-state index contributed by atoms with van der Waals surface area (Å²) in [6, 6.07) is 5.00. The number of benzene rings is 1. The second kappa shape index (κ2) is 4.73. The molecule has 1 aliphatic rings. The topological polar surface area (TPSA) is 88.4 Å². The predicted octanol–water partition coefficient (Wildman–Crippen LogP) is 1.40. The first-order valence-corrected chi connectivity index (χ1v) is 6.64. The third-order valence-electron chi connectivity index (χ3n) is 3.91. The number of rotatable bonds is 2. The number of nitrogens with zero attached hydrogens (tertiary/aromatic N) is 1. The van der Waals surface area contributed by atoms with Gasteiger partial charge in [-0.2, -0.15) is 0 Å². The van der Waals surface area contributed by atoms with E-state index in [1.54, 1.807) is 29.9 Å². The lowest BCUT2D eigenvalue weighted by molar-refractivity contribution is -0.134. The Morgan fingerprint density at radius 3 is 2.76 bits per heavy atom. The zero-order chi connectivity index (χ0) is 15.1. The molecule has 3 rings (SSSR count). The number of fused-ring (bicyclic) bond motifs is 1. The normalized spacial score (nSPS) is 18.8. The van der Waals surface area contributed by atoms with Crippen LogP contribution in [0.3, 0.4) is 0 Å². The Hall–Kier alpha value is -2.63. The Morgan fingerprint density at radius 1 is 1.33 bits per heavy atom. The Labute approximate surface area is 120 Å². The standard InChI is InChI=1S/C15H14N2O4/c1-17-7-6-9-8(2-3-11(13(9)17)15(20)21)10-4-5-12(18)16-14(10)19/h2-3,6-7,10H,4-5H2,1H3,(H,20,21)(H,16,18,19). The monoisotopic (exact) mass is 286 g/mol. The van der Waals surface area contributed by atoms with Gasteiger partial charge in [0, 0.05) is 25.1 Å². The summed E-state index contributed by atoms with van der Waals surface area (Å²) >= 11 is 0. The minimum absolute atomic E-state index is 0.202. The SMILES string of the molecule is Cn1ccc2c(C3CCC(=O)NC3=O)ccc(C(=O)O)c21. The molecule has 1 aromatic carbocycles. The van der Waals surface area contributed by atoms with E-state index in [0.717, 1.165) is 10.9 Å². The number of carboxylic acids is 1. The van der Waals surface area contributed by atoms with Gasteiger partial charge in [0.25, 0.3) is 0 Å². The lowest BCUT2D eigenvalue weighted by Gasteiger charge is -2.22. The summed E-state index contributed by atoms with van der Waals surface area (Å²) in [4.78, 5) is 34.6. The molecule has 0 radical (unpaired) electrons. The maximum Gasteiger partial charge on any atom is 0.337 e. The summed E-state index contributed by atoms with van der Waals surface area (Å²) in [5, 5.41) is 12.4. The van der Waals surface area contributed by atoms with Crippen molar-refractivity contribution in [2.24, 2.45) is 7.05 Å². The van der Waals surface area contributed by atoms with Crippen LogP contribution >= 0.6 is 0 Å². The van der Waals surface area contributed by atoms with Crippen LogP contribution in [0.1, 0.15) is 34.7 Å². The minimum atomic E-state index is -1.00. The predicted molar refractivity (Wildman–Crippen MR) is 75.0 cm³/mol. The van der Waals surface area contributed by atoms with Crippen molar-refractivity contribution in [3.8, 4) is 0 Å². The molecule has 21 heavy (non-hydrogen) atoms. The third-order valence-corrected chi connectivity index (χ3v) is 3.91. The molecular formula is C15H14N2O4. The largest absolute Gasteiger partial charge is 0.478 e. The number of imide groups is 1. The van der Waals surface area contributed by atoms with Crippen molar-refractivity contribution < 1.29 is 19.5 Å². The third kappa shape index (κ3) is 2.08. The Kier molecular flexibility index (Phi) is 3.01. The van der Waals surface area contributed by atoms with Crippen molar-refractivity contribution >= 4 is 28.7 Å². The lowest BCUT2D eigenvalue weighted by atomic mass is 9.87. The number of hydrogen-bond acceptors (Lipinski definition) is 3. The zero-order valence-electron chi connectivity index (χ0n) is 11.4. The molecule has 1 atom stereocenters. The number of aromatic nitrogens is 1. The first kappa shape index (κ1) is 13.4. The van der Waals surface area contributed by atoms with Gasteiger partial charge in [-0.05, 0) is 24.1 Å². The highest BCUT2D eigenvalue weighted by atomic mass is 16.4. The summed E-state index contributed by atoms with van der Waals surface area (Å²) in [5.74, 6) is -2.01. The molecule has 1 saturated heterocycles. The molecule has 2 N–H and O–H groups in total. The molecule has 6 nitrogen and oxygen atoms in total. The second-order valence-electron chi connectivity index (χ2n) is 5.20. The maximum atomic E-state index is 12.0. The first-order chi connectivity index (χ1) is 9.99. The van der Waals surface area contributed by atoms with Crippen LogP contribution in [0.4, 0.5) is 0 Å². The fourth-order valence-electron chi connectivity index (χ4n) is 2.91. The van der Waals surface area contributed by atoms with Crippen LogP contribution in [0.5, 0.6) is 0 Å². The van der Waals surface area contributed by atoms with Crippen LogP contribution in [0.15, 0.2) is 24.4 Å². The van der Waals surface area contributed by atoms with E-state index in [4.69, 9.17) is 0 Å². The molecule has 2 aromatic rings. The highest BCUT2D eigenvalue weighted by molar-refractivity contribution is 6.07. The Morgan fingerprint density at radius 2 is 2.10 bits per heavy atom. The number of nitrogens with one attached hydrogen (secondary N) is 1. The molecule has 2 amide bonds. The van der Waals surface area contributed by atoms with Crippen molar-refractivity contribution in [3.63, 3.8) is 0 Å². The molecule has 108 valence electrons. The van der Waals surface area contributed by atoms with E-state index in [1.165, 1.54) is 6.07 Å². The molecule has 2 heterocycles. The quantitative estimate of drug-likeness (QED) is 0.817. The van der Waals surface area contributed by atoms with E-state index in [9.17, 15) is 19.5 Å². The average molecular weight is 286 g/mol. The van der Waals surface area contributed by atoms with E-state index in [-0.39, 0.29) is 17.4 Å². The Bertz CT molecular complexity index is 775. The average Bonchev–Trinajstić information content (AvgIpc) is 2.81. The lowest BCUT2D eigenvalue weighted by Crippen LogP contribution is -2.39. The van der Waals surface area contributed by atoms with Gasteiger partial charge in [-0.25, -0.2) is 4.79 Å². The molecule has 6 heteroatoms. The van der Waals surface area contributed by atoms with Gasteiger partial charge in [-0.3, -0.25) is 14.9 Å². The van der Waals surface area contributed by atoms with Gasteiger partial charge in [0.05, 0.1) is 17.0 Å². The molecule has 1 aromatic heterocycles. The summed E-state index contributed by atoms with van der Waals surface area (Å²) in [5.41, 5.74) is 1.55. The van der Waals surface area contributed by atoms with Gasteiger partial charge < -0.3 is 9.67 Å². The van der Waals surface area contributed by atoms with Gasteiger partial charge in [0.2, 0.25) is 11.8 Å². The second-order valence-corrected chi connectivity index (χ2v) is 5.20. The summed E-state index contributed by atoms with van der Waals surface area (Å²) in [7, 11) is 1.77. The molecule has 1 fully saturated rings. The molecule has 1 unspecified atom stereocenters. The fourth-order valence-corrected chi connectivity index (χ4v) is 2.91. The van der Waals surface area contributed by atoms with E-state index < -0.39 is 11.9 Å². The number of carboxylic acid groups (broad SMARTS) is 1. The number of aryl methyl sites for hydroxylation is 1. The van der Waals surface area contributed by atoms with Crippen LogP contribution in [0, 0.1) is 0 Å². The van der Waals surface area contributed by atoms with E-state index >= 15 is 0 Å². The number of amides is 2. The molecule has 0 spiro atoms. The van der Waals surface area contributed by atoms with Crippen molar-refractivity contribution in [1.29, 1.82) is 0 Å². The van der Waals surface area contributed by atoms with Crippen molar-refractivity contribution in [2.75, 3.05) is 0 Å². The first-order valence-electron chi connectivity index (χ1n) is 6.64. The van der Waals surface area contributed by atoms with Crippen LogP contribution in [-0.2, 0) is 16.6 Å². The summed E-state index contributed by atoms with van der Waals surface area (Å²) < 4.78 is 1.73. The van der Waals surface area contributed by atoms with Crippen LogP contribution in [0.2, 0.25) is 0 Å². The molecular weight excluding hydrogens is 272 g/mol. The molecule has 0 saturated carbocycles. The minimum Gasteiger partial charge on any atom is -0.478 e. The van der Waals surface area contributed by atoms with E-state index in [2.05, 4.69) is 5.32 Å². The van der Waals surface area contributed by atoms with Crippen LogP contribution < -0.4 is 5.32 Å². The van der Waals surface area contributed by atoms with Crippen molar-refractivity contribution in [2.45, 2.75) is 18.8 Å². The van der Waals surface area contributed by atoms with E-state index in [1.807, 2.05) is 0 Å². The van der Waals surface area contributed by atoms with Crippen LogP contribution in [-0.4, -0.2) is 27.5 Å². The van der Waals surface area contributed by atoms with E-state index in [0.29, 0.717) is 18.4 Å². The summed E-state index contributed by atoms with van der Waals surface area (Å²) in [6.07, 6.45) is 2.51. The molecule has 1 aliphatic heterocycles. The number of carbonyl (C=O) groups is 3. The highest BCUT2D eigenvalue weighted by Gasteiger charge is 2.30. The maximum absolute atomic E-state index is 12.0. The number of aromatic carboxylic acids is 1. The fraction of sp³-hybridized carbons (Fsp3) is 0.267. The van der Waals surface area contributed by atoms with Gasteiger partial charge >= 0.3 is 5.97 Å². The zero-order valence-corrected chi connectivity index (χ0v) is 11.4. The van der Waals surface area contributed by atoms with Gasteiger partial charge in [-0.1, -0.05) is 6.07 Å². The highest BCUT2D eigenvalue weighted by Crippen LogP contribution is 2.33. The molecule has 0 aliphatic carbocycles. The van der Waals surface area contributed by atoms with Gasteiger partial charge in [0.1, 0.15) is 0 Å². The summed E-state index contributed by atoms with van der Waals surface area (Å²) in [6.45, 7) is 0. The van der Waals surface area contributed by atoms with Crippen molar-refractivity contribution in [1.82, 2.24) is 9.88 Å². The number of carbonyl (C=O) groups excluding carboxylic acids is 2. The number of piperidine rings is 1. The Balaban J connectivity index is 2.17. The smallest absolute Gasteiger partial charge is 0.337 e. The van der Waals surface area contributed by atoms with Gasteiger partial charge in [-0.15, -0.1) is 0 Å².